The Bertz CT molecular complexity index is 760. The van der Waals surface area contributed by atoms with E-state index in [1.165, 1.54) is 6.26 Å². The molecule has 0 aliphatic heterocycles. The van der Waals surface area contributed by atoms with Gasteiger partial charge in [-0.15, -0.1) is 11.6 Å². The number of sulfone groups is 1. The summed E-state index contributed by atoms with van der Waals surface area (Å²) in [5, 5.41) is 0. The fourth-order valence-corrected chi connectivity index (χ4v) is 3.52. The number of para-hydroxylation sites is 1. The van der Waals surface area contributed by atoms with Gasteiger partial charge in [0.2, 0.25) is 0 Å². The van der Waals surface area contributed by atoms with Gasteiger partial charge in [-0.3, -0.25) is 0 Å². The molecule has 0 amide bonds. The highest BCUT2D eigenvalue weighted by atomic mass is 35.5. The zero-order valence-corrected chi connectivity index (χ0v) is 12.4. The van der Waals surface area contributed by atoms with Crippen LogP contribution >= 0.6 is 11.6 Å². The first-order valence-corrected chi connectivity index (χ1v) is 8.56. The number of hydrogen-bond acceptors (Lipinski definition) is 3. The van der Waals surface area contributed by atoms with Crippen molar-refractivity contribution >= 4 is 32.5 Å². The number of imidazole rings is 1. The predicted octanol–water partition coefficient (Wildman–Crippen LogP) is 2.69. The van der Waals surface area contributed by atoms with Crippen LogP contribution in [0.25, 0.3) is 11.0 Å². The average molecular weight is 299 g/mol. The summed E-state index contributed by atoms with van der Waals surface area (Å²) in [4.78, 5) is 4.73. The van der Waals surface area contributed by atoms with Gasteiger partial charge in [-0.2, -0.15) is 0 Å². The van der Waals surface area contributed by atoms with Crippen LogP contribution in [0.2, 0.25) is 0 Å². The molecule has 6 heteroatoms. The van der Waals surface area contributed by atoms with Crippen molar-refractivity contribution in [3.8, 4) is 0 Å². The van der Waals surface area contributed by atoms with Gasteiger partial charge in [0.25, 0.3) is 0 Å². The molecule has 1 aliphatic carbocycles. The largest absolute Gasteiger partial charge is 0.321 e. The Morgan fingerprint density at radius 1 is 1.42 bits per heavy atom. The van der Waals surface area contributed by atoms with Crippen LogP contribution in [0.3, 0.4) is 0 Å². The van der Waals surface area contributed by atoms with Gasteiger partial charge in [-0.25, -0.2) is 13.4 Å². The molecule has 102 valence electrons. The van der Waals surface area contributed by atoms with Crippen LogP contribution in [-0.4, -0.2) is 24.2 Å². The molecular weight excluding hydrogens is 284 g/mol. The lowest BCUT2D eigenvalue weighted by molar-refractivity contribution is 0.531. The highest BCUT2D eigenvalue weighted by Crippen LogP contribution is 2.46. The summed E-state index contributed by atoms with van der Waals surface area (Å²) in [6.07, 6.45) is 3.36. The van der Waals surface area contributed by atoms with Crippen LogP contribution in [-0.2, 0) is 21.3 Å². The summed E-state index contributed by atoms with van der Waals surface area (Å²) >= 11 is 5.97. The van der Waals surface area contributed by atoms with E-state index in [0.29, 0.717) is 5.52 Å². The summed E-state index contributed by atoms with van der Waals surface area (Å²) < 4.78 is 25.8. The Morgan fingerprint density at radius 2 is 2.11 bits per heavy atom. The standard InChI is InChI=1S/C13H15ClN2O2S/c1-13(6-7-13)16-9-4-3-5-10(19(2,17)18)12(9)15-11(16)8-14/h3-5H,6-8H2,1-2H3. The van der Waals surface area contributed by atoms with Crippen LogP contribution in [0.15, 0.2) is 23.1 Å². The number of hydrogen-bond donors (Lipinski definition) is 0. The number of rotatable bonds is 3. The molecule has 1 aromatic carbocycles. The number of aromatic nitrogens is 2. The summed E-state index contributed by atoms with van der Waals surface area (Å²) in [5.74, 6) is 1.03. The van der Waals surface area contributed by atoms with Gasteiger partial charge in [0.05, 0.1) is 16.3 Å². The van der Waals surface area contributed by atoms with Crippen molar-refractivity contribution in [1.29, 1.82) is 0 Å². The Balaban J connectivity index is 2.39. The van der Waals surface area contributed by atoms with Crippen molar-refractivity contribution in [3.63, 3.8) is 0 Å². The van der Waals surface area contributed by atoms with Gasteiger partial charge in [0.1, 0.15) is 11.3 Å². The molecule has 1 aromatic heterocycles. The van der Waals surface area contributed by atoms with Gasteiger partial charge < -0.3 is 4.57 Å². The zero-order valence-electron chi connectivity index (χ0n) is 10.9. The van der Waals surface area contributed by atoms with Crippen LogP contribution in [0.1, 0.15) is 25.6 Å². The minimum absolute atomic E-state index is 0.0368. The number of halogens is 1. The second-order valence-electron chi connectivity index (χ2n) is 5.39. The van der Waals surface area contributed by atoms with Crippen LogP contribution in [0, 0.1) is 0 Å². The molecule has 0 spiro atoms. The predicted molar refractivity (Wildman–Crippen MR) is 75.3 cm³/mol. The normalized spacial score (nSPS) is 17.8. The quantitative estimate of drug-likeness (QED) is 0.819. The van der Waals surface area contributed by atoms with Gasteiger partial charge in [-0.1, -0.05) is 6.07 Å². The molecule has 0 unspecified atom stereocenters. The van der Waals surface area contributed by atoms with Crippen molar-refractivity contribution in [3.05, 3.63) is 24.0 Å². The molecule has 19 heavy (non-hydrogen) atoms. The van der Waals surface area contributed by atoms with Crippen molar-refractivity contribution in [2.45, 2.75) is 36.1 Å². The van der Waals surface area contributed by atoms with E-state index in [2.05, 4.69) is 16.5 Å². The van der Waals surface area contributed by atoms with Crippen LogP contribution < -0.4 is 0 Å². The minimum atomic E-state index is -3.29. The Kier molecular flexibility index (Phi) is 2.70. The van der Waals surface area contributed by atoms with E-state index in [4.69, 9.17) is 11.6 Å². The molecule has 0 bridgehead atoms. The molecular formula is C13H15ClN2O2S. The maximum atomic E-state index is 11.8. The average Bonchev–Trinajstić information content (AvgIpc) is 2.95. The van der Waals surface area contributed by atoms with E-state index in [0.717, 1.165) is 24.2 Å². The highest BCUT2D eigenvalue weighted by molar-refractivity contribution is 7.91. The number of benzene rings is 1. The molecule has 0 saturated heterocycles. The van der Waals surface area contributed by atoms with Crippen molar-refractivity contribution in [2.75, 3.05) is 6.26 Å². The number of alkyl halides is 1. The first kappa shape index (κ1) is 12.9. The lowest BCUT2D eigenvalue weighted by Crippen LogP contribution is -2.14. The SMILES string of the molecule is CC1(n2c(CCl)nc3c(S(C)(=O)=O)cccc32)CC1. The van der Waals surface area contributed by atoms with Gasteiger partial charge in [0, 0.05) is 11.8 Å². The Hall–Kier alpha value is -1.07. The molecule has 2 aromatic rings. The Morgan fingerprint density at radius 3 is 2.63 bits per heavy atom. The zero-order chi connectivity index (χ0) is 13.8. The molecule has 1 aliphatic rings. The Labute approximate surface area is 117 Å². The van der Waals surface area contributed by atoms with E-state index in [9.17, 15) is 8.42 Å². The van der Waals surface area contributed by atoms with Crippen LogP contribution in [0.4, 0.5) is 0 Å². The van der Waals surface area contributed by atoms with Crippen molar-refractivity contribution in [2.24, 2.45) is 0 Å². The summed E-state index contributed by atoms with van der Waals surface area (Å²) in [5.41, 5.74) is 1.43. The first-order chi connectivity index (χ1) is 8.87. The molecule has 0 radical (unpaired) electrons. The van der Waals surface area contributed by atoms with E-state index >= 15 is 0 Å². The molecule has 0 N–H and O–H groups in total. The second-order valence-corrected chi connectivity index (χ2v) is 7.64. The third-order valence-electron chi connectivity index (χ3n) is 3.75. The van der Waals surface area contributed by atoms with E-state index in [1.54, 1.807) is 12.1 Å². The lowest BCUT2D eigenvalue weighted by Gasteiger charge is -2.15. The van der Waals surface area contributed by atoms with Crippen LogP contribution in [0.5, 0.6) is 0 Å². The third kappa shape index (κ3) is 1.96. The molecule has 1 saturated carbocycles. The molecule has 4 nitrogen and oxygen atoms in total. The van der Waals surface area contributed by atoms with Gasteiger partial charge in [0.15, 0.2) is 9.84 Å². The third-order valence-corrected chi connectivity index (χ3v) is 5.12. The molecule has 1 fully saturated rings. The highest BCUT2D eigenvalue weighted by Gasteiger charge is 2.42. The number of nitrogens with zero attached hydrogens (tertiary/aromatic N) is 2. The first-order valence-electron chi connectivity index (χ1n) is 6.14. The van der Waals surface area contributed by atoms with E-state index < -0.39 is 9.84 Å². The van der Waals surface area contributed by atoms with Crippen molar-refractivity contribution < 1.29 is 8.42 Å². The van der Waals surface area contributed by atoms with Gasteiger partial charge >= 0.3 is 0 Å². The molecule has 1 heterocycles. The second kappa shape index (κ2) is 3.96. The fraction of sp³-hybridized carbons (Fsp3) is 0.462. The van der Waals surface area contributed by atoms with E-state index in [-0.39, 0.29) is 16.3 Å². The summed E-state index contributed by atoms with van der Waals surface area (Å²) in [6, 6.07) is 5.28. The topological polar surface area (TPSA) is 52.0 Å². The summed E-state index contributed by atoms with van der Waals surface area (Å²) in [6.45, 7) is 2.15. The maximum absolute atomic E-state index is 11.8. The maximum Gasteiger partial charge on any atom is 0.177 e. The molecule has 0 atom stereocenters. The van der Waals surface area contributed by atoms with Gasteiger partial charge in [-0.05, 0) is 31.9 Å². The fourth-order valence-electron chi connectivity index (χ4n) is 2.52. The smallest absolute Gasteiger partial charge is 0.177 e. The summed E-state index contributed by atoms with van der Waals surface area (Å²) in [7, 11) is -3.29. The minimum Gasteiger partial charge on any atom is -0.321 e. The van der Waals surface area contributed by atoms with E-state index in [1.807, 2.05) is 6.07 Å². The monoisotopic (exact) mass is 298 g/mol. The number of fused-ring (bicyclic) bond motifs is 1. The van der Waals surface area contributed by atoms with Crippen molar-refractivity contribution in [1.82, 2.24) is 9.55 Å². The molecule has 3 rings (SSSR count). The lowest BCUT2D eigenvalue weighted by atomic mass is 10.2.